The van der Waals surface area contributed by atoms with Crippen LogP contribution in [0.15, 0.2) is 41.8 Å². The topological polar surface area (TPSA) is 47.6 Å². The van der Waals surface area contributed by atoms with Gasteiger partial charge in [-0.3, -0.25) is 4.79 Å². The van der Waals surface area contributed by atoms with Crippen molar-refractivity contribution in [2.45, 2.75) is 38.2 Å². The molecular weight excluding hydrogens is 322 g/mol. The van der Waals surface area contributed by atoms with E-state index < -0.39 is 0 Å². The molecule has 4 nitrogen and oxygen atoms in total. The summed E-state index contributed by atoms with van der Waals surface area (Å²) in [5.74, 6) is 0.810. The lowest BCUT2D eigenvalue weighted by atomic mass is 10.2. The Hall–Kier alpha value is -1.85. The molecule has 1 aliphatic heterocycles. The van der Waals surface area contributed by atoms with Gasteiger partial charge in [0.05, 0.1) is 6.10 Å². The van der Waals surface area contributed by atoms with E-state index in [0.29, 0.717) is 13.0 Å². The molecule has 0 saturated carbocycles. The normalized spacial score (nSPS) is 16.9. The average Bonchev–Trinajstić information content (AvgIpc) is 3.27. The lowest BCUT2D eigenvalue weighted by Gasteiger charge is -2.12. The highest BCUT2D eigenvalue weighted by Gasteiger charge is 2.16. The maximum absolute atomic E-state index is 12.1. The van der Waals surface area contributed by atoms with Gasteiger partial charge in [0, 0.05) is 29.7 Å². The van der Waals surface area contributed by atoms with Crippen molar-refractivity contribution in [3.05, 3.63) is 46.7 Å². The number of ether oxygens (including phenoxy) is 2. The van der Waals surface area contributed by atoms with Crippen molar-refractivity contribution in [2.24, 2.45) is 0 Å². The van der Waals surface area contributed by atoms with Crippen LogP contribution in [0.4, 0.5) is 5.69 Å². The average molecular weight is 345 g/mol. The van der Waals surface area contributed by atoms with E-state index in [2.05, 4.69) is 16.8 Å². The van der Waals surface area contributed by atoms with Crippen molar-refractivity contribution in [3.63, 3.8) is 0 Å². The molecule has 0 bridgehead atoms. The molecule has 1 N–H and O–H groups in total. The van der Waals surface area contributed by atoms with Gasteiger partial charge in [0.2, 0.25) is 5.91 Å². The Bertz CT molecular complexity index is 636. The molecule has 1 aliphatic rings. The predicted octanol–water partition coefficient (Wildman–Crippen LogP) is 4.27. The standard InChI is InChI=1S/C19H23NO3S/c21-19(10-2-8-18-9-4-12-24-18)20-15-5-1-6-16(13-15)23-14-17-7-3-11-22-17/h1,4-6,9,12-13,17H,2-3,7-8,10-11,14H2,(H,20,21). The SMILES string of the molecule is O=C(CCCc1cccs1)Nc1cccc(OCC2CCCO2)c1. The molecule has 0 spiro atoms. The van der Waals surface area contributed by atoms with Gasteiger partial charge in [-0.2, -0.15) is 0 Å². The molecule has 0 aliphatic carbocycles. The Morgan fingerprint density at radius 2 is 2.29 bits per heavy atom. The number of amides is 1. The largest absolute Gasteiger partial charge is 0.491 e. The molecule has 1 aromatic carbocycles. The quantitative estimate of drug-likeness (QED) is 0.777. The zero-order chi connectivity index (χ0) is 16.6. The Balaban J connectivity index is 1.42. The fourth-order valence-electron chi connectivity index (χ4n) is 2.73. The fraction of sp³-hybridized carbons (Fsp3) is 0.421. The molecule has 1 unspecified atom stereocenters. The highest BCUT2D eigenvalue weighted by molar-refractivity contribution is 7.09. The Labute approximate surface area is 146 Å². The van der Waals surface area contributed by atoms with Crippen LogP contribution in [-0.4, -0.2) is 25.2 Å². The maximum Gasteiger partial charge on any atom is 0.224 e. The van der Waals surface area contributed by atoms with Crippen LogP contribution in [0.3, 0.4) is 0 Å². The van der Waals surface area contributed by atoms with Gasteiger partial charge in [-0.05, 0) is 49.3 Å². The zero-order valence-corrected chi connectivity index (χ0v) is 14.5. The van der Waals surface area contributed by atoms with Crippen molar-refractivity contribution in [3.8, 4) is 5.75 Å². The van der Waals surface area contributed by atoms with E-state index in [1.807, 2.05) is 30.3 Å². The van der Waals surface area contributed by atoms with Crippen molar-refractivity contribution < 1.29 is 14.3 Å². The Morgan fingerprint density at radius 1 is 1.33 bits per heavy atom. The van der Waals surface area contributed by atoms with E-state index in [0.717, 1.165) is 43.7 Å². The minimum absolute atomic E-state index is 0.0443. The first-order chi connectivity index (χ1) is 11.8. The van der Waals surface area contributed by atoms with Gasteiger partial charge in [-0.1, -0.05) is 12.1 Å². The smallest absolute Gasteiger partial charge is 0.224 e. The lowest BCUT2D eigenvalue weighted by molar-refractivity contribution is -0.116. The van der Waals surface area contributed by atoms with Crippen molar-refractivity contribution in [2.75, 3.05) is 18.5 Å². The second-order valence-electron chi connectivity index (χ2n) is 5.95. The maximum atomic E-state index is 12.1. The summed E-state index contributed by atoms with van der Waals surface area (Å²) in [6.07, 6.45) is 4.70. The highest BCUT2D eigenvalue weighted by atomic mass is 32.1. The minimum atomic E-state index is 0.0443. The highest BCUT2D eigenvalue weighted by Crippen LogP contribution is 2.20. The van der Waals surface area contributed by atoms with Crippen LogP contribution < -0.4 is 10.1 Å². The van der Waals surface area contributed by atoms with Crippen molar-refractivity contribution in [1.82, 2.24) is 0 Å². The Kier molecular flexibility index (Phi) is 6.26. The monoisotopic (exact) mass is 345 g/mol. The van der Waals surface area contributed by atoms with Gasteiger partial charge in [0.25, 0.3) is 0 Å². The van der Waals surface area contributed by atoms with E-state index in [-0.39, 0.29) is 12.0 Å². The molecule has 5 heteroatoms. The molecule has 1 fully saturated rings. The zero-order valence-electron chi connectivity index (χ0n) is 13.7. The van der Waals surface area contributed by atoms with Crippen LogP contribution in [0.25, 0.3) is 0 Å². The third kappa shape index (κ3) is 5.35. The summed E-state index contributed by atoms with van der Waals surface area (Å²) < 4.78 is 11.3. The summed E-state index contributed by atoms with van der Waals surface area (Å²) in [4.78, 5) is 13.4. The summed E-state index contributed by atoms with van der Waals surface area (Å²) in [6.45, 7) is 1.40. The van der Waals surface area contributed by atoms with Gasteiger partial charge in [-0.25, -0.2) is 0 Å². The van der Waals surface area contributed by atoms with Crippen LogP contribution in [0, 0.1) is 0 Å². The molecule has 2 heterocycles. The first kappa shape index (κ1) is 17.0. The minimum Gasteiger partial charge on any atom is -0.491 e. The molecule has 1 amide bonds. The summed E-state index contributed by atoms with van der Waals surface area (Å²) >= 11 is 1.74. The number of hydrogen-bond acceptors (Lipinski definition) is 4. The predicted molar refractivity (Wildman–Crippen MR) is 96.8 cm³/mol. The van der Waals surface area contributed by atoms with Crippen molar-refractivity contribution >= 4 is 22.9 Å². The molecular formula is C19H23NO3S. The first-order valence-electron chi connectivity index (χ1n) is 8.46. The van der Waals surface area contributed by atoms with Crippen LogP contribution in [0.5, 0.6) is 5.75 Å². The van der Waals surface area contributed by atoms with E-state index in [4.69, 9.17) is 9.47 Å². The van der Waals surface area contributed by atoms with Crippen LogP contribution in [-0.2, 0) is 16.0 Å². The van der Waals surface area contributed by atoms with E-state index in [9.17, 15) is 4.79 Å². The Morgan fingerprint density at radius 3 is 3.08 bits per heavy atom. The fourth-order valence-corrected chi connectivity index (χ4v) is 3.48. The summed E-state index contributed by atoms with van der Waals surface area (Å²) in [5, 5.41) is 5.01. The number of carbonyl (C=O) groups excluding carboxylic acids is 1. The van der Waals surface area contributed by atoms with Gasteiger partial charge < -0.3 is 14.8 Å². The number of anilines is 1. The molecule has 128 valence electrons. The van der Waals surface area contributed by atoms with Gasteiger partial charge in [0.15, 0.2) is 0 Å². The number of aryl methyl sites for hydroxylation is 1. The number of benzene rings is 1. The molecule has 3 rings (SSSR count). The third-order valence-corrected chi connectivity index (χ3v) is 4.92. The second-order valence-corrected chi connectivity index (χ2v) is 6.99. The molecule has 1 saturated heterocycles. The lowest BCUT2D eigenvalue weighted by Crippen LogP contribution is -2.16. The number of thiophene rings is 1. The second kappa shape index (κ2) is 8.85. The first-order valence-corrected chi connectivity index (χ1v) is 9.34. The molecule has 1 aromatic heterocycles. The van der Waals surface area contributed by atoms with Gasteiger partial charge >= 0.3 is 0 Å². The number of nitrogens with one attached hydrogen (secondary N) is 1. The van der Waals surface area contributed by atoms with Crippen molar-refractivity contribution in [1.29, 1.82) is 0 Å². The van der Waals surface area contributed by atoms with Crippen LogP contribution in [0.1, 0.15) is 30.6 Å². The summed E-state index contributed by atoms with van der Waals surface area (Å²) in [6, 6.07) is 11.7. The summed E-state index contributed by atoms with van der Waals surface area (Å²) in [7, 11) is 0. The van der Waals surface area contributed by atoms with E-state index in [1.165, 1.54) is 4.88 Å². The molecule has 0 radical (unpaired) electrons. The van der Waals surface area contributed by atoms with Crippen LogP contribution >= 0.6 is 11.3 Å². The number of hydrogen-bond donors (Lipinski definition) is 1. The van der Waals surface area contributed by atoms with Gasteiger partial charge in [-0.15, -0.1) is 11.3 Å². The van der Waals surface area contributed by atoms with E-state index >= 15 is 0 Å². The molecule has 2 aromatic rings. The number of carbonyl (C=O) groups is 1. The molecule has 24 heavy (non-hydrogen) atoms. The number of rotatable bonds is 8. The molecule has 1 atom stereocenters. The van der Waals surface area contributed by atoms with Crippen LogP contribution in [0.2, 0.25) is 0 Å². The summed E-state index contributed by atoms with van der Waals surface area (Å²) in [5.41, 5.74) is 0.779. The third-order valence-electron chi connectivity index (χ3n) is 3.98. The van der Waals surface area contributed by atoms with Gasteiger partial charge in [0.1, 0.15) is 12.4 Å². The van der Waals surface area contributed by atoms with E-state index in [1.54, 1.807) is 11.3 Å².